The van der Waals surface area contributed by atoms with Crippen molar-refractivity contribution in [3.8, 4) is 0 Å². The molecule has 0 atom stereocenters. The van der Waals surface area contributed by atoms with Gasteiger partial charge in [-0.15, -0.1) is 22.7 Å². The second-order valence-corrected chi connectivity index (χ2v) is 6.09. The molecule has 0 fully saturated rings. The molecule has 0 spiro atoms. The molecule has 3 aromatic rings. The molecular formula is C14H8F2OS2. The zero-order chi connectivity index (χ0) is 13.4. The van der Waals surface area contributed by atoms with Crippen LogP contribution in [0.3, 0.4) is 0 Å². The minimum absolute atomic E-state index is 0.163. The van der Waals surface area contributed by atoms with Crippen LogP contribution < -0.4 is 0 Å². The van der Waals surface area contributed by atoms with Crippen molar-refractivity contribution >= 4 is 37.9 Å². The number of rotatable bonds is 3. The summed E-state index contributed by atoms with van der Waals surface area (Å²) in [7, 11) is 0. The molecule has 19 heavy (non-hydrogen) atoms. The Kier molecular flexibility index (Phi) is 3.16. The predicted octanol–water partition coefficient (Wildman–Crippen LogP) is 4.67. The van der Waals surface area contributed by atoms with Crippen molar-refractivity contribution in [3.63, 3.8) is 0 Å². The SMILES string of the molecule is O=C(Cc1c(F)cccc1F)c1cc2sccc2s1. The van der Waals surface area contributed by atoms with E-state index in [1.807, 2.05) is 11.4 Å². The van der Waals surface area contributed by atoms with Crippen molar-refractivity contribution < 1.29 is 13.6 Å². The van der Waals surface area contributed by atoms with Crippen LogP contribution in [0.1, 0.15) is 15.2 Å². The van der Waals surface area contributed by atoms with E-state index in [-0.39, 0.29) is 17.8 Å². The molecule has 0 unspecified atom stereocenters. The fraction of sp³-hybridized carbons (Fsp3) is 0.0714. The second-order valence-electron chi connectivity index (χ2n) is 4.06. The van der Waals surface area contributed by atoms with Gasteiger partial charge in [-0.2, -0.15) is 0 Å². The lowest BCUT2D eigenvalue weighted by Gasteiger charge is -2.02. The van der Waals surface area contributed by atoms with Crippen LogP contribution in [0.15, 0.2) is 35.7 Å². The van der Waals surface area contributed by atoms with E-state index in [4.69, 9.17) is 0 Å². The molecule has 0 saturated carbocycles. The van der Waals surface area contributed by atoms with Crippen LogP contribution in [0.5, 0.6) is 0 Å². The van der Waals surface area contributed by atoms with Gasteiger partial charge in [0, 0.05) is 21.4 Å². The standard InChI is InChI=1S/C14H8F2OS2/c15-9-2-1-3-10(16)8(9)6-11(17)13-7-14-12(19-13)4-5-18-14/h1-5,7H,6H2. The van der Waals surface area contributed by atoms with Crippen molar-refractivity contribution in [3.05, 3.63) is 57.8 Å². The van der Waals surface area contributed by atoms with E-state index < -0.39 is 11.6 Å². The number of hydrogen-bond donors (Lipinski definition) is 0. The molecular weight excluding hydrogens is 286 g/mol. The Bertz CT molecular complexity index is 709. The average molecular weight is 294 g/mol. The average Bonchev–Trinajstić information content (AvgIpc) is 2.94. The molecule has 1 nitrogen and oxygen atoms in total. The number of fused-ring (bicyclic) bond motifs is 1. The molecule has 96 valence electrons. The maximum atomic E-state index is 13.5. The summed E-state index contributed by atoms with van der Waals surface area (Å²) in [6.45, 7) is 0. The smallest absolute Gasteiger partial charge is 0.177 e. The lowest BCUT2D eigenvalue weighted by atomic mass is 10.1. The summed E-state index contributed by atoms with van der Waals surface area (Å²) < 4.78 is 29.0. The number of hydrogen-bond acceptors (Lipinski definition) is 3. The highest BCUT2D eigenvalue weighted by Crippen LogP contribution is 2.31. The van der Waals surface area contributed by atoms with Crippen LogP contribution in [0.2, 0.25) is 0 Å². The minimum atomic E-state index is -0.674. The molecule has 3 rings (SSSR count). The first kappa shape index (κ1) is 12.4. The largest absolute Gasteiger partial charge is 0.293 e. The Morgan fingerprint density at radius 2 is 1.84 bits per heavy atom. The van der Waals surface area contributed by atoms with Gasteiger partial charge in [-0.25, -0.2) is 8.78 Å². The quantitative estimate of drug-likeness (QED) is 0.642. The fourth-order valence-electron chi connectivity index (χ4n) is 1.85. The van der Waals surface area contributed by atoms with E-state index in [1.54, 1.807) is 17.4 Å². The number of Topliss-reactive ketones (excluding diaryl/α,β-unsaturated/α-hetero) is 1. The van der Waals surface area contributed by atoms with Gasteiger partial charge >= 0.3 is 0 Å². The lowest BCUT2D eigenvalue weighted by molar-refractivity contribution is 0.0994. The third kappa shape index (κ3) is 2.31. The maximum absolute atomic E-state index is 13.5. The lowest BCUT2D eigenvalue weighted by Crippen LogP contribution is -2.05. The molecule has 0 aliphatic heterocycles. The molecule has 0 aliphatic carbocycles. The van der Waals surface area contributed by atoms with Crippen molar-refractivity contribution in [2.75, 3.05) is 0 Å². The normalized spacial score (nSPS) is 11.1. The molecule has 0 radical (unpaired) electrons. The van der Waals surface area contributed by atoms with Gasteiger partial charge in [0.15, 0.2) is 5.78 Å². The molecule has 1 aromatic carbocycles. The van der Waals surface area contributed by atoms with Crippen LogP contribution in [-0.2, 0) is 6.42 Å². The first-order chi connectivity index (χ1) is 9.15. The van der Waals surface area contributed by atoms with Crippen LogP contribution in [0.4, 0.5) is 8.78 Å². The van der Waals surface area contributed by atoms with Gasteiger partial charge in [0.05, 0.1) is 4.88 Å². The Labute approximate surface area is 116 Å². The maximum Gasteiger partial charge on any atom is 0.177 e. The zero-order valence-corrected chi connectivity index (χ0v) is 11.3. The van der Waals surface area contributed by atoms with E-state index in [9.17, 15) is 13.6 Å². The Hall–Kier alpha value is -1.59. The van der Waals surface area contributed by atoms with Crippen molar-refractivity contribution in [2.24, 2.45) is 0 Å². The molecule has 0 bridgehead atoms. The highest BCUT2D eigenvalue weighted by atomic mass is 32.1. The first-order valence-electron chi connectivity index (χ1n) is 5.58. The summed E-state index contributed by atoms with van der Waals surface area (Å²) in [5.74, 6) is -1.60. The fourth-order valence-corrected chi connectivity index (χ4v) is 3.90. The van der Waals surface area contributed by atoms with Crippen LogP contribution in [0.25, 0.3) is 9.40 Å². The molecule has 0 aliphatic rings. The van der Waals surface area contributed by atoms with Gasteiger partial charge < -0.3 is 0 Å². The Balaban J connectivity index is 1.91. The number of thiophene rings is 2. The molecule has 0 saturated heterocycles. The van der Waals surface area contributed by atoms with Crippen molar-refractivity contribution in [1.29, 1.82) is 0 Å². The van der Waals surface area contributed by atoms with Gasteiger partial charge in [0.2, 0.25) is 0 Å². The van der Waals surface area contributed by atoms with E-state index in [2.05, 4.69) is 0 Å². The third-order valence-corrected chi connectivity index (χ3v) is 4.95. The van der Waals surface area contributed by atoms with E-state index in [1.165, 1.54) is 29.5 Å². The summed E-state index contributed by atoms with van der Waals surface area (Å²) in [5.41, 5.74) is -0.163. The number of carbonyl (C=O) groups is 1. The van der Waals surface area contributed by atoms with Gasteiger partial charge in [-0.05, 0) is 29.6 Å². The van der Waals surface area contributed by atoms with Crippen LogP contribution >= 0.6 is 22.7 Å². The summed E-state index contributed by atoms with van der Waals surface area (Å²) in [5, 5.41) is 1.95. The summed E-state index contributed by atoms with van der Waals surface area (Å²) >= 11 is 2.91. The Morgan fingerprint density at radius 1 is 1.11 bits per heavy atom. The van der Waals surface area contributed by atoms with Gasteiger partial charge in [0.1, 0.15) is 11.6 Å². The van der Waals surface area contributed by atoms with Gasteiger partial charge in [-0.3, -0.25) is 4.79 Å². The zero-order valence-electron chi connectivity index (χ0n) is 9.65. The first-order valence-corrected chi connectivity index (χ1v) is 7.28. The number of carbonyl (C=O) groups excluding carboxylic acids is 1. The topological polar surface area (TPSA) is 17.1 Å². The second kappa shape index (κ2) is 4.83. The van der Waals surface area contributed by atoms with Crippen molar-refractivity contribution in [1.82, 2.24) is 0 Å². The van der Waals surface area contributed by atoms with Gasteiger partial charge in [0.25, 0.3) is 0 Å². The van der Waals surface area contributed by atoms with E-state index in [0.717, 1.165) is 9.40 Å². The highest BCUT2D eigenvalue weighted by Gasteiger charge is 2.16. The van der Waals surface area contributed by atoms with Crippen molar-refractivity contribution in [2.45, 2.75) is 6.42 Å². The van der Waals surface area contributed by atoms with Gasteiger partial charge in [-0.1, -0.05) is 6.07 Å². The van der Waals surface area contributed by atoms with E-state index >= 15 is 0 Å². The molecule has 0 amide bonds. The van der Waals surface area contributed by atoms with E-state index in [0.29, 0.717) is 4.88 Å². The Morgan fingerprint density at radius 3 is 2.53 bits per heavy atom. The summed E-state index contributed by atoms with van der Waals surface area (Å²) in [4.78, 5) is 12.6. The third-order valence-electron chi connectivity index (χ3n) is 2.81. The minimum Gasteiger partial charge on any atom is -0.293 e. The highest BCUT2D eigenvalue weighted by molar-refractivity contribution is 7.27. The molecule has 0 N–H and O–H groups in total. The predicted molar refractivity (Wildman–Crippen MR) is 74.1 cm³/mol. The summed E-state index contributed by atoms with van der Waals surface area (Å²) in [6.07, 6.45) is -0.244. The summed E-state index contributed by atoms with van der Waals surface area (Å²) in [6, 6.07) is 7.34. The molecule has 5 heteroatoms. The number of ketones is 1. The number of halogens is 2. The van der Waals surface area contributed by atoms with Crippen LogP contribution in [0, 0.1) is 11.6 Å². The molecule has 2 aromatic heterocycles. The monoisotopic (exact) mass is 294 g/mol. The number of benzene rings is 1. The molecule has 2 heterocycles. The van der Waals surface area contributed by atoms with Crippen LogP contribution in [-0.4, -0.2) is 5.78 Å².